The van der Waals surface area contributed by atoms with Gasteiger partial charge in [-0.05, 0) is 42.7 Å². The molecule has 2 heterocycles. The Morgan fingerprint density at radius 2 is 1.64 bits per heavy atom. The summed E-state index contributed by atoms with van der Waals surface area (Å²) in [7, 11) is -3.41. The zero-order valence-electron chi connectivity index (χ0n) is 13.9. The summed E-state index contributed by atoms with van der Waals surface area (Å²) in [6.45, 7) is 1.52. The summed E-state index contributed by atoms with van der Waals surface area (Å²) in [6, 6.07) is 9.98. The van der Waals surface area contributed by atoms with E-state index in [0.717, 1.165) is 24.8 Å². The number of pyridine rings is 1. The van der Waals surface area contributed by atoms with Gasteiger partial charge in [-0.15, -0.1) is 0 Å². The van der Waals surface area contributed by atoms with E-state index in [0.29, 0.717) is 30.1 Å². The van der Waals surface area contributed by atoms with Crippen LogP contribution in [0.1, 0.15) is 35.2 Å². The number of amides is 1. The smallest absolute Gasteiger partial charge is 0.251 e. The van der Waals surface area contributed by atoms with Crippen molar-refractivity contribution in [3.63, 3.8) is 0 Å². The van der Waals surface area contributed by atoms with Crippen molar-refractivity contribution in [2.24, 2.45) is 0 Å². The molecule has 1 aliphatic rings. The van der Waals surface area contributed by atoms with Gasteiger partial charge >= 0.3 is 0 Å². The quantitative estimate of drug-likeness (QED) is 0.887. The lowest BCUT2D eigenvalue weighted by Gasteiger charge is -2.25. The van der Waals surface area contributed by atoms with Crippen LogP contribution in [-0.2, 0) is 16.6 Å². The molecule has 1 fully saturated rings. The molecule has 7 heteroatoms. The molecule has 0 saturated carbocycles. The van der Waals surface area contributed by atoms with Gasteiger partial charge in [0.15, 0.2) is 0 Å². The number of rotatable bonds is 5. The third-order valence-electron chi connectivity index (χ3n) is 4.27. The third kappa shape index (κ3) is 4.24. The second kappa shape index (κ2) is 7.76. The van der Waals surface area contributed by atoms with Crippen molar-refractivity contribution >= 4 is 15.9 Å². The van der Waals surface area contributed by atoms with Crippen LogP contribution in [0.3, 0.4) is 0 Å². The highest BCUT2D eigenvalue weighted by atomic mass is 32.2. The second-order valence-corrected chi connectivity index (χ2v) is 7.97. The van der Waals surface area contributed by atoms with Gasteiger partial charge in [0.25, 0.3) is 5.91 Å². The van der Waals surface area contributed by atoms with Gasteiger partial charge in [-0.1, -0.05) is 18.6 Å². The summed E-state index contributed by atoms with van der Waals surface area (Å²) in [5.41, 5.74) is 1.39. The number of carbonyl (C=O) groups is 1. The van der Waals surface area contributed by atoms with Crippen molar-refractivity contribution in [1.82, 2.24) is 14.6 Å². The maximum Gasteiger partial charge on any atom is 0.251 e. The van der Waals surface area contributed by atoms with Gasteiger partial charge in [0, 0.05) is 37.6 Å². The van der Waals surface area contributed by atoms with E-state index >= 15 is 0 Å². The summed E-state index contributed by atoms with van der Waals surface area (Å²) in [5.74, 6) is -0.188. The highest BCUT2D eigenvalue weighted by molar-refractivity contribution is 7.89. The Morgan fingerprint density at radius 1 is 1.00 bits per heavy atom. The molecule has 6 nitrogen and oxygen atoms in total. The van der Waals surface area contributed by atoms with Crippen LogP contribution in [0.2, 0.25) is 0 Å². The molecule has 132 valence electrons. The molecule has 1 saturated heterocycles. The molecule has 0 spiro atoms. The fourth-order valence-corrected chi connectivity index (χ4v) is 4.34. The van der Waals surface area contributed by atoms with Crippen molar-refractivity contribution < 1.29 is 13.2 Å². The van der Waals surface area contributed by atoms with Crippen LogP contribution in [0, 0.1) is 0 Å². The third-order valence-corrected chi connectivity index (χ3v) is 6.18. The molecule has 0 unspecified atom stereocenters. The maximum atomic E-state index is 12.6. The zero-order valence-corrected chi connectivity index (χ0v) is 14.7. The van der Waals surface area contributed by atoms with Gasteiger partial charge in [0.2, 0.25) is 10.0 Å². The van der Waals surface area contributed by atoms with E-state index in [1.165, 1.54) is 0 Å². The van der Waals surface area contributed by atoms with Crippen molar-refractivity contribution in [2.45, 2.75) is 30.7 Å². The molecule has 1 N–H and O–H groups in total. The highest BCUT2D eigenvalue weighted by Gasteiger charge is 2.25. The Kier molecular flexibility index (Phi) is 5.45. The molecule has 0 radical (unpaired) electrons. The summed E-state index contributed by atoms with van der Waals surface area (Å²) in [6.07, 6.45) is 6.04. The number of carbonyl (C=O) groups excluding carboxylic acids is 1. The van der Waals surface area contributed by atoms with Crippen LogP contribution in [0.5, 0.6) is 0 Å². The number of sulfonamides is 1. The molecule has 2 aromatic rings. The molecule has 1 aliphatic heterocycles. The molecule has 25 heavy (non-hydrogen) atoms. The van der Waals surface area contributed by atoms with Crippen molar-refractivity contribution in [3.05, 3.63) is 59.9 Å². The zero-order chi connectivity index (χ0) is 17.7. The van der Waals surface area contributed by atoms with Crippen LogP contribution in [0.25, 0.3) is 0 Å². The number of aromatic nitrogens is 1. The standard InChI is InChI=1S/C18H21N3O3S/c22-18(16-8-10-19-11-9-16)20-14-15-4-6-17(7-5-15)25(23,24)21-12-2-1-3-13-21/h4-11H,1-3,12-14H2,(H,20,22). The van der Waals surface area contributed by atoms with Gasteiger partial charge in [-0.3, -0.25) is 9.78 Å². The van der Waals surface area contributed by atoms with E-state index in [9.17, 15) is 13.2 Å². The SMILES string of the molecule is O=C(NCc1ccc(S(=O)(=O)N2CCCCC2)cc1)c1ccncc1. The van der Waals surface area contributed by atoms with Crippen molar-refractivity contribution in [3.8, 4) is 0 Å². The predicted octanol–water partition coefficient (Wildman–Crippen LogP) is 2.19. The van der Waals surface area contributed by atoms with Gasteiger partial charge in [-0.25, -0.2) is 8.42 Å². The number of piperidine rings is 1. The van der Waals surface area contributed by atoms with Crippen LogP contribution < -0.4 is 5.32 Å². The monoisotopic (exact) mass is 359 g/mol. The fourth-order valence-electron chi connectivity index (χ4n) is 2.82. The fraction of sp³-hybridized carbons (Fsp3) is 0.333. The minimum Gasteiger partial charge on any atom is -0.348 e. The van der Waals surface area contributed by atoms with Gasteiger partial charge in [0.05, 0.1) is 4.90 Å². The summed E-state index contributed by atoms with van der Waals surface area (Å²) < 4.78 is 26.8. The Balaban J connectivity index is 1.63. The Morgan fingerprint density at radius 3 is 2.28 bits per heavy atom. The van der Waals surface area contributed by atoms with E-state index < -0.39 is 10.0 Å². The van der Waals surface area contributed by atoms with Crippen LogP contribution in [0.4, 0.5) is 0 Å². The molecule has 1 amide bonds. The predicted molar refractivity (Wildman–Crippen MR) is 94.5 cm³/mol. The molecule has 1 aromatic heterocycles. The van der Waals surface area contributed by atoms with E-state index in [2.05, 4.69) is 10.3 Å². The number of hydrogen-bond donors (Lipinski definition) is 1. The molecular weight excluding hydrogens is 338 g/mol. The van der Waals surface area contributed by atoms with Crippen molar-refractivity contribution in [1.29, 1.82) is 0 Å². The highest BCUT2D eigenvalue weighted by Crippen LogP contribution is 2.20. The molecule has 1 aromatic carbocycles. The molecule has 0 atom stereocenters. The lowest BCUT2D eigenvalue weighted by atomic mass is 10.2. The number of nitrogens with zero attached hydrogens (tertiary/aromatic N) is 2. The largest absolute Gasteiger partial charge is 0.348 e. The first-order valence-electron chi connectivity index (χ1n) is 8.35. The summed E-state index contributed by atoms with van der Waals surface area (Å²) in [5, 5.41) is 2.81. The second-order valence-electron chi connectivity index (χ2n) is 6.03. The lowest BCUT2D eigenvalue weighted by molar-refractivity contribution is 0.0950. The molecule has 0 bridgehead atoms. The number of hydrogen-bond acceptors (Lipinski definition) is 4. The first kappa shape index (κ1) is 17.6. The minimum atomic E-state index is -3.41. The molecule has 3 rings (SSSR count). The minimum absolute atomic E-state index is 0.188. The van der Waals surface area contributed by atoms with E-state index in [-0.39, 0.29) is 5.91 Å². The Hall–Kier alpha value is -2.25. The van der Waals surface area contributed by atoms with E-state index in [4.69, 9.17) is 0 Å². The van der Waals surface area contributed by atoms with Gasteiger partial charge < -0.3 is 5.32 Å². The maximum absolute atomic E-state index is 12.6. The average molecular weight is 359 g/mol. The van der Waals surface area contributed by atoms with E-state index in [1.807, 2.05) is 0 Å². The number of benzene rings is 1. The van der Waals surface area contributed by atoms with Crippen molar-refractivity contribution in [2.75, 3.05) is 13.1 Å². The molecule has 0 aliphatic carbocycles. The normalized spacial score (nSPS) is 15.7. The first-order valence-corrected chi connectivity index (χ1v) is 9.79. The average Bonchev–Trinajstić information content (AvgIpc) is 2.68. The lowest BCUT2D eigenvalue weighted by Crippen LogP contribution is -2.35. The van der Waals surface area contributed by atoms with Gasteiger partial charge in [0.1, 0.15) is 0 Å². The topological polar surface area (TPSA) is 79.4 Å². The number of nitrogens with one attached hydrogen (secondary N) is 1. The van der Waals surface area contributed by atoms with Crippen LogP contribution >= 0.6 is 0 Å². The Bertz CT molecular complexity index is 814. The first-order chi connectivity index (χ1) is 12.1. The molecular formula is C18H21N3O3S. The van der Waals surface area contributed by atoms with E-state index in [1.54, 1.807) is 53.1 Å². The van der Waals surface area contributed by atoms with Gasteiger partial charge in [-0.2, -0.15) is 4.31 Å². The summed E-state index contributed by atoms with van der Waals surface area (Å²) in [4.78, 5) is 16.2. The summed E-state index contributed by atoms with van der Waals surface area (Å²) >= 11 is 0. The van der Waals surface area contributed by atoms with Crippen LogP contribution in [-0.4, -0.2) is 36.7 Å². The Labute approximate surface area is 147 Å². The van der Waals surface area contributed by atoms with Crippen LogP contribution in [0.15, 0.2) is 53.7 Å².